The fourth-order valence-electron chi connectivity index (χ4n) is 5.31. The molecule has 37 heavy (non-hydrogen) atoms. The third kappa shape index (κ3) is 8.67. The van der Waals surface area contributed by atoms with E-state index in [0.717, 1.165) is 70.6 Å². The van der Waals surface area contributed by atoms with E-state index in [1.165, 1.54) is 11.3 Å². The SMILES string of the molecule is C.Cc1ccc(N2CCN(CC(C)C(=O)N3CCC[C@H](Cc4ccc(SC(F)(F)F)cc4)C3)CC2)cc1. The van der Waals surface area contributed by atoms with E-state index in [2.05, 4.69) is 41.0 Å². The normalized spacial score (nSPS) is 19.9. The summed E-state index contributed by atoms with van der Waals surface area (Å²) in [6.45, 7) is 10.3. The van der Waals surface area contributed by atoms with Crippen molar-refractivity contribution in [2.45, 2.75) is 50.9 Å². The summed E-state index contributed by atoms with van der Waals surface area (Å²) in [6, 6.07) is 15.3. The van der Waals surface area contributed by atoms with Crippen molar-refractivity contribution in [2.24, 2.45) is 11.8 Å². The number of likely N-dealkylation sites (tertiary alicyclic amines) is 1. The van der Waals surface area contributed by atoms with E-state index in [0.29, 0.717) is 5.92 Å². The number of thioether (sulfide) groups is 1. The van der Waals surface area contributed by atoms with Crippen molar-refractivity contribution in [3.8, 4) is 0 Å². The lowest BCUT2D eigenvalue weighted by Crippen LogP contribution is -2.50. The summed E-state index contributed by atoms with van der Waals surface area (Å²) >= 11 is -0.0830. The topological polar surface area (TPSA) is 26.8 Å². The Morgan fingerprint density at radius 3 is 2.27 bits per heavy atom. The van der Waals surface area contributed by atoms with Crippen LogP contribution in [0.25, 0.3) is 0 Å². The van der Waals surface area contributed by atoms with Crippen LogP contribution in [0.5, 0.6) is 0 Å². The predicted octanol–water partition coefficient (Wildman–Crippen LogP) is 6.48. The Kier molecular flexibility index (Phi) is 10.4. The molecule has 2 aliphatic rings. The first-order valence-corrected chi connectivity index (χ1v) is 13.7. The van der Waals surface area contributed by atoms with E-state index in [1.807, 2.05) is 11.8 Å². The van der Waals surface area contributed by atoms with Gasteiger partial charge in [-0.05, 0) is 73.7 Å². The molecule has 4 rings (SSSR count). The molecule has 0 aliphatic carbocycles. The number of nitrogens with zero attached hydrogens (tertiary/aromatic N) is 3. The summed E-state index contributed by atoms with van der Waals surface area (Å²) < 4.78 is 37.7. The van der Waals surface area contributed by atoms with Crippen LogP contribution in [0.2, 0.25) is 0 Å². The van der Waals surface area contributed by atoms with Crippen molar-refractivity contribution in [3.05, 3.63) is 59.7 Å². The van der Waals surface area contributed by atoms with Gasteiger partial charge in [0.05, 0.1) is 0 Å². The van der Waals surface area contributed by atoms with Crippen LogP contribution in [0.3, 0.4) is 0 Å². The van der Waals surface area contributed by atoms with Crippen LogP contribution in [0.15, 0.2) is 53.4 Å². The van der Waals surface area contributed by atoms with Gasteiger partial charge >= 0.3 is 5.51 Å². The highest BCUT2D eigenvalue weighted by atomic mass is 32.2. The van der Waals surface area contributed by atoms with Crippen LogP contribution in [-0.4, -0.2) is 67.0 Å². The maximum Gasteiger partial charge on any atom is 0.446 e. The highest BCUT2D eigenvalue weighted by Gasteiger charge is 2.30. The van der Waals surface area contributed by atoms with E-state index >= 15 is 0 Å². The molecule has 2 aromatic carbocycles. The molecular weight excluding hydrogens is 495 g/mol. The maximum absolute atomic E-state index is 13.2. The zero-order valence-corrected chi connectivity index (χ0v) is 22.0. The van der Waals surface area contributed by atoms with E-state index in [1.54, 1.807) is 24.3 Å². The quantitative estimate of drug-likeness (QED) is 0.379. The fourth-order valence-corrected chi connectivity index (χ4v) is 5.85. The van der Waals surface area contributed by atoms with Gasteiger partial charge in [-0.15, -0.1) is 0 Å². The van der Waals surface area contributed by atoms with Gasteiger partial charge in [0.2, 0.25) is 5.91 Å². The van der Waals surface area contributed by atoms with Gasteiger partial charge in [0.25, 0.3) is 0 Å². The second kappa shape index (κ2) is 13.1. The Hall–Kier alpha value is -2.19. The minimum Gasteiger partial charge on any atom is -0.369 e. The van der Waals surface area contributed by atoms with E-state index in [9.17, 15) is 18.0 Å². The lowest BCUT2D eigenvalue weighted by Gasteiger charge is -2.38. The third-order valence-electron chi connectivity index (χ3n) is 7.24. The summed E-state index contributed by atoms with van der Waals surface area (Å²) in [6.07, 6.45) is 2.80. The van der Waals surface area contributed by atoms with Crippen LogP contribution in [0, 0.1) is 18.8 Å². The molecule has 0 radical (unpaired) electrons. The standard InChI is InChI=1S/C28H36F3N3OS.CH4/c1-21-5-9-25(10-6-21)33-16-14-32(15-17-33)19-22(2)27(35)34-13-3-4-24(20-34)18-23-7-11-26(12-8-23)36-28(29,30)31;/h5-12,22,24H,3-4,13-20H2,1-2H3;1H4/t22?,24-;/m1./s1. The van der Waals surface area contributed by atoms with E-state index in [-0.39, 0.29) is 35.9 Å². The van der Waals surface area contributed by atoms with Crippen molar-refractivity contribution in [1.82, 2.24) is 9.80 Å². The molecule has 2 aliphatic heterocycles. The van der Waals surface area contributed by atoms with E-state index < -0.39 is 5.51 Å². The molecule has 0 N–H and O–H groups in total. The molecule has 0 saturated carbocycles. The molecule has 2 aromatic rings. The van der Waals surface area contributed by atoms with Gasteiger partial charge in [-0.3, -0.25) is 9.69 Å². The van der Waals surface area contributed by atoms with Gasteiger partial charge in [-0.1, -0.05) is 44.2 Å². The Labute approximate surface area is 224 Å². The zero-order valence-electron chi connectivity index (χ0n) is 21.1. The molecule has 8 heteroatoms. The number of hydrogen-bond acceptors (Lipinski definition) is 4. The van der Waals surface area contributed by atoms with Gasteiger partial charge in [-0.25, -0.2) is 0 Å². The van der Waals surface area contributed by atoms with Crippen molar-refractivity contribution in [2.75, 3.05) is 50.7 Å². The van der Waals surface area contributed by atoms with Gasteiger partial charge in [0.15, 0.2) is 0 Å². The van der Waals surface area contributed by atoms with Gasteiger partial charge in [-0.2, -0.15) is 13.2 Å². The number of piperidine rings is 1. The molecule has 1 unspecified atom stereocenters. The van der Waals surface area contributed by atoms with Crippen LogP contribution in [0.1, 0.15) is 38.3 Å². The Morgan fingerprint density at radius 1 is 1.00 bits per heavy atom. The highest BCUT2D eigenvalue weighted by molar-refractivity contribution is 8.00. The van der Waals surface area contributed by atoms with Crippen LogP contribution in [0.4, 0.5) is 18.9 Å². The molecule has 2 fully saturated rings. The largest absolute Gasteiger partial charge is 0.446 e. The lowest BCUT2D eigenvalue weighted by molar-refractivity contribution is -0.137. The average molecular weight is 536 g/mol. The molecule has 2 heterocycles. The van der Waals surface area contributed by atoms with E-state index in [4.69, 9.17) is 0 Å². The van der Waals surface area contributed by atoms with Crippen LogP contribution in [-0.2, 0) is 11.2 Å². The number of halogens is 3. The van der Waals surface area contributed by atoms with Crippen LogP contribution < -0.4 is 4.90 Å². The number of alkyl halides is 3. The summed E-state index contributed by atoms with van der Waals surface area (Å²) in [4.78, 5) is 20.3. The fraction of sp³-hybridized carbons (Fsp3) is 0.552. The number of aryl methyl sites for hydroxylation is 1. The smallest absolute Gasteiger partial charge is 0.369 e. The Balaban J connectivity index is 0.00000380. The van der Waals surface area contributed by atoms with Gasteiger partial charge < -0.3 is 9.80 Å². The molecule has 2 saturated heterocycles. The molecule has 4 nitrogen and oxygen atoms in total. The number of piperazine rings is 1. The van der Waals surface area contributed by atoms with Crippen molar-refractivity contribution in [3.63, 3.8) is 0 Å². The monoisotopic (exact) mass is 535 g/mol. The molecule has 0 bridgehead atoms. The summed E-state index contributed by atoms with van der Waals surface area (Å²) in [7, 11) is 0. The average Bonchev–Trinajstić information content (AvgIpc) is 2.85. The molecular formula is C29H40F3N3OS. The van der Waals surface area contributed by atoms with Gasteiger partial charge in [0.1, 0.15) is 0 Å². The number of carbonyl (C=O) groups excluding carboxylic acids is 1. The lowest BCUT2D eigenvalue weighted by atomic mass is 9.90. The molecule has 1 amide bonds. The Bertz CT molecular complexity index is 989. The zero-order chi connectivity index (χ0) is 25.7. The van der Waals surface area contributed by atoms with Crippen molar-refractivity contribution in [1.29, 1.82) is 0 Å². The molecule has 0 aromatic heterocycles. The minimum atomic E-state index is -4.27. The second-order valence-electron chi connectivity index (χ2n) is 10.2. The number of anilines is 1. The van der Waals surface area contributed by atoms with Crippen LogP contribution >= 0.6 is 11.8 Å². The third-order valence-corrected chi connectivity index (χ3v) is 7.98. The maximum atomic E-state index is 13.2. The first-order chi connectivity index (χ1) is 17.2. The minimum absolute atomic E-state index is 0. The van der Waals surface area contributed by atoms with Crippen molar-refractivity contribution < 1.29 is 18.0 Å². The summed E-state index contributed by atoms with van der Waals surface area (Å²) in [5.74, 6) is 0.514. The Morgan fingerprint density at radius 2 is 1.65 bits per heavy atom. The molecule has 204 valence electrons. The summed E-state index contributed by atoms with van der Waals surface area (Å²) in [5, 5.41) is 0. The highest BCUT2D eigenvalue weighted by Crippen LogP contribution is 2.37. The number of benzene rings is 2. The second-order valence-corrected chi connectivity index (χ2v) is 11.4. The number of rotatable bonds is 7. The molecule has 2 atom stereocenters. The molecule has 0 spiro atoms. The summed E-state index contributed by atoms with van der Waals surface area (Å²) in [5.41, 5.74) is -0.711. The first-order valence-electron chi connectivity index (χ1n) is 12.8. The predicted molar refractivity (Wildman–Crippen MR) is 147 cm³/mol. The number of carbonyl (C=O) groups is 1. The van der Waals surface area contributed by atoms with Crippen molar-refractivity contribution >= 4 is 23.4 Å². The number of amides is 1. The number of hydrogen-bond donors (Lipinski definition) is 0. The first kappa shape index (κ1) is 29.4. The van der Waals surface area contributed by atoms with Gasteiger partial charge in [0, 0.05) is 62.3 Å².